The first-order chi connectivity index (χ1) is 8.15. The van der Waals surface area contributed by atoms with Gasteiger partial charge in [-0.1, -0.05) is 11.6 Å². The maximum atomic E-state index is 6.22. The van der Waals surface area contributed by atoms with E-state index in [-0.39, 0.29) is 0 Å². The van der Waals surface area contributed by atoms with Crippen molar-refractivity contribution in [3.63, 3.8) is 0 Å². The summed E-state index contributed by atoms with van der Waals surface area (Å²) in [4.78, 5) is 0. The van der Waals surface area contributed by atoms with Gasteiger partial charge in [0.05, 0.1) is 17.8 Å². The van der Waals surface area contributed by atoms with Gasteiger partial charge in [-0.05, 0) is 18.2 Å². The number of hydrogen-bond acceptors (Lipinski definition) is 3. The molecule has 1 aromatic carbocycles. The summed E-state index contributed by atoms with van der Waals surface area (Å²) >= 11 is 6.22. The zero-order valence-corrected chi connectivity index (χ0v) is 10.5. The van der Waals surface area contributed by atoms with Crippen LogP contribution in [0.2, 0.25) is 5.02 Å². The lowest BCUT2D eigenvalue weighted by Crippen LogP contribution is -2.00. The summed E-state index contributed by atoms with van der Waals surface area (Å²) in [5.74, 6) is 0.733. The second-order valence-corrected chi connectivity index (χ2v) is 4.12. The second-order valence-electron chi connectivity index (χ2n) is 3.71. The molecule has 1 heterocycles. The highest BCUT2D eigenvalue weighted by Crippen LogP contribution is 2.32. The lowest BCUT2D eigenvalue weighted by Gasteiger charge is -2.06. The van der Waals surface area contributed by atoms with Crippen molar-refractivity contribution in [1.82, 2.24) is 9.78 Å². The molecule has 2 aromatic rings. The van der Waals surface area contributed by atoms with E-state index in [4.69, 9.17) is 22.1 Å². The third kappa shape index (κ3) is 2.28. The number of aromatic nitrogens is 2. The van der Waals surface area contributed by atoms with Crippen LogP contribution in [0, 0.1) is 0 Å². The molecule has 2 rings (SSSR count). The van der Waals surface area contributed by atoms with E-state index in [1.165, 1.54) is 0 Å². The minimum atomic E-state index is 0.387. The summed E-state index contributed by atoms with van der Waals surface area (Å²) in [7, 11) is 3.47. The Hall–Kier alpha value is -1.52. The maximum Gasteiger partial charge on any atom is 0.120 e. The van der Waals surface area contributed by atoms with Gasteiger partial charge in [-0.3, -0.25) is 4.68 Å². The molecular weight excluding hydrogens is 238 g/mol. The van der Waals surface area contributed by atoms with Gasteiger partial charge in [-0.2, -0.15) is 5.10 Å². The Morgan fingerprint density at radius 1 is 1.41 bits per heavy atom. The van der Waals surface area contributed by atoms with E-state index in [9.17, 15) is 0 Å². The van der Waals surface area contributed by atoms with Gasteiger partial charge in [0.15, 0.2) is 0 Å². The third-order valence-electron chi connectivity index (χ3n) is 2.57. The molecule has 0 unspecified atom stereocenters. The summed E-state index contributed by atoms with van der Waals surface area (Å²) in [5, 5.41) is 4.92. The molecule has 0 saturated carbocycles. The molecule has 5 heteroatoms. The molecule has 0 saturated heterocycles. The first-order valence-corrected chi connectivity index (χ1v) is 5.60. The van der Waals surface area contributed by atoms with Crippen molar-refractivity contribution in [2.45, 2.75) is 6.54 Å². The molecular formula is C12H14ClN3O. The summed E-state index contributed by atoms with van der Waals surface area (Å²) in [6.45, 7) is 0.387. The first-order valence-electron chi connectivity index (χ1n) is 5.22. The van der Waals surface area contributed by atoms with Gasteiger partial charge in [-0.25, -0.2) is 0 Å². The van der Waals surface area contributed by atoms with E-state index in [0.717, 1.165) is 22.6 Å². The number of benzene rings is 1. The number of methoxy groups -OCH3 is 1. The van der Waals surface area contributed by atoms with Gasteiger partial charge < -0.3 is 10.5 Å². The minimum absolute atomic E-state index is 0.387. The lowest BCUT2D eigenvalue weighted by atomic mass is 10.1. The van der Waals surface area contributed by atoms with Crippen molar-refractivity contribution >= 4 is 11.6 Å². The van der Waals surface area contributed by atoms with Crippen molar-refractivity contribution in [1.29, 1.82) is 0 Å². The standard InChI is InChI=1S/C12H14ClN3O/c1-16-7-10(12(6-14)15-16)9-4-3-8(17-2)5-11(9)13/h3-5,7H,6,14H2,1-2H3. The number of halogens is 1. The van der Waals surface area contributed by atoms with E-state index < -0.39 is 0 Å². The van der Waals surface area contributed by atoms with E-state index in [2.05, 4.69) is 5.10 Å². The average molecular weight is 252 g/mol. The Kier molecular flexibility index (Phi) is 3.36. The molecule has 4 nitrogen and oxygen atoms in total. The van der Waals surface area contributed by atoms with E-state index >= 15 is 0 Å². The quantitative estimate of drug-likeness (QED) is 0.910. The molecule has 0 radical (unpaired) electrons. The fourth-order valence-corrected chi connectivity index (χ4v) is 2.02. The van der Waals surface area contributed by atoms with Crippen molar-refractivity contribution in [2.24, 2.45) is 12.8 Å². The van der Waals surface area contributed by atoms with E-state index in [0.29, 0.717) is 11.6 Å². The van der Waals surface area contributed by atoms with Gasteiger partial charge in [0.1, 0.15) is 5.75 Å². The topological polar surface area (TPSA) is 53.1 Å². The van der Waals surface area contributed by atoms with Gasteiger partial charge in [0.2, 0.25) is 0 Å². The maximum absolute atomic E-state index is 6.22. The second kappa shape index (κ2) is 4.77. The molecule has 0 fully saturated rings. The number of nitrogens with two attached hydrogens (primary N) is 1. The van der Waals surface area contributed by atoms with Crippen LogP contribution in [0.15, 0.2) is 24.4 Å². The van der Waals surface area contributed by atoms with Crippen LogP contribution in [0.1, 0.15) is 5.69 Å². The van der Waals surface area contributed by atoms with Gasteiger partial charge in [0, 0.05) is 30.9 Å². The van der Waals surface area contributed by atoms with Crippen molar-refractivity contribution in [3.8, 4) is 16.9 Å². The highest BCUT2D eigenvalue weighted by atomic mass is 35.5. The molecule has 0 aliphatic rings. The normalized spacial score (nSPS) is 10.6. The molecule has 1 aromatic heterocycles. The van der Waals surface area contributed by atoms with Gasteiger partial charge in [0.25, 0.3) is 0 Å². The van der Waals surface area contributed by atoms with Crippen molar-refractivity contribution in [2.75, 3.05) is 7.11 Å². The Labute approximate surface area is 105 Å². The van der Waals surface area contributed by atoms with E-state index in [1.807, 2.05) is 25.4 Å². The summed E-state index contributed by atoms with van der Waals surface area (Å²) in [6.07, 6.45) is 1.91. The Bertz CT molecular complexity index is 537. The van der Waals surface area contributed by atoms with Crippen LogP contribution in [-0.2, 0) is 13.6 Å². The highest BCUT2D eigenvalue weighted by molar-refractivity contribution is 6.33. The summed E-state index contributed by atoms with van der Waals surface area (Å²) < 4.78 is 6.85. The molecule has 17 heavy (non-hydrogen) atoms. The Morgan fingerprint density at radius 3 is 2.76 bits per heavy atom. The van der Waals surface area contributed by atoms with Crippen LogP contribution in [0.5, 0.6) is 5.75 Å². The van der Waals surface area contributed by atoms with Gasteiger partial charge in [-0.15, -0.1) is 0 Å². The summed E-state index contributed by atoms with van der Waals surface area (Å²) in [5.41, 5.74) is 8.38. The molecule has 0 bridgehead atoms. The predicted octanol–water partition coefficient (Wildman–Crippen LogP) is 2.21. The minimum Gasteiger partial charge on any atom is -0.497 e. The van der Waals surface area contributed by atoms with Crippen molar-refractivity contribution < 1.29 is 4.74 Å². The first kappa shape index (κ1) is 12.0. The smallest absolute Gasteiger partial charge is 0.120 e. The Balaban J connectivity index is 2.52. The van der Waals surface area contributed by atoms with Crippen LogP contribution >= 0.6 is 11.6 Å². The SMILES string of the molecule is COc1ccc(-c2cn(C)nc2CN)c(Cl)c1. The fraction of sp³-hybridized carbons (Fsp3) is 0.250. The molecule has 0 aliphatic heterocycles. The number of hydrogen-bond donors (Lipinski definition) is 1. The van der Waals surface area contributed by atoms with Gasteiger partial charge >= 0.3 is 0 Å². The number of nitrogens with zero attached hydrogens (tertiary/aromatic N) is 2. The van der Waals surface area contributed by atoms with E-state index in [1.54, 1.807) is 17.9 Å². The molecule has 0 aliphatic carbocycles. The molecule has 0 atom stereocenters. The Morgan fingerprint density at radius 2 is 2.18 bits per heavy atom. The van der Waals surface area contributed by atoms with Crippen molar-refractivity contribution in [3.05, 3.63) is 35.1 Å². The molecule has 90 valence electrons. The molecule has 2 N–H and O–H groups in total. The number of rotatable bonds is 3. The van der Waals surface area contributed by atoms with Crippen LogP contribution in [0.3, 0.4) is 0 Å². The fourth-order valence-electron chi connectivity index (χ4n) is 1.75. The number of aryl methyl sites for hydroxylation is 1. The summed E-state index contributed by atoms with van der Waals surface area (Å²) in [6, 6.07) is 5.57. The lowest BCUT2D eigenvalue weighted by molar-refractivity contribution is 0.415. The van der Waals surface area contributed by atoms with Crippen LogP contribution in [0.4, 0.5) is 0 Å². The third-order valence-corrected chi connectivity index (χ3v) is 2.88. The zero-order valence-electron chi connectivity index (χ0n) is 9.77. The van der Waals surface area contributed by atoms with Crippen LogP contribution in [-0.4, -0.2) is 16.9 Å². The predicted molar refractivity (Wildman–Crippen MR) is 68.1 cm³/mol. The zero-order chi connectivity index (χ0) is 12.4. The van der Waals surface area contributed by atoms with Crippen LogP contribution < -0.4 is 10.5 Å². The molecule has 0 spiro atoms. The highest BCUT2D eigenvalue weighted by Gasteiger charge is 2.12. The monoisotopic (exact) mass is 251 g/mol. The average Bonchev–Trinajstić information content (AvgIpc) is 2.70. The number of ether oxygens (including phenoxy) is 1. The van der Waals surface area contributed by atoms with Crippen LogP contribution in [0.25, 0.3) is 11.1 Å². The largest absolute Gasteiger partial charge is 0.497 e. The molecule has 0 amide bonds.